The van der Waals surface area contributed by atoms with Crippen molar-refractivity contribution in [2.24, 2.45) is 0 Å². The first-order valence-corrected chi connectivity index (χ1v) is 7.27. The van der Waals surface area contributed by atoms with Gasteiger partial charge in [0.25, 0.3) is 0 Å². The maximum Gasteiger partial charge on any atom is 0.130 e. The van der Waals surface area contributed by atoms with Crippen LogP contribution in [-0.4, -0.2) is 9.97 Å². The number of nitrogens with zero attached hydrogens (tertiary/aromatic N) is 1. The summed E-state index contributed by atoms with van der Waals surface area (Å²) in [7, 11) is 0. The Bertz CT molecular complexity index is 800. The number of nitrogens with one attached hydrogen (secondary N) is 1. The Hall–Kier alpha value is -2.00. The van der Waals surface area contributed by atoms with Gasteiger partial charge in [-0.15, -0.1) is 0 Å². The van der Waals surface area contributed by atoms with Crippen molar-refractivity contribution in [3.63, 3.8) is 0 Å². The minimum atomic E-state index is 0.648. The highest BCUT2D eigenvalue weighted by molar-refractivity contribution is 7.71. The van der Waals surface area contributed by atoms with E-state index in [4.69, 9.17) is 12.2 Å². The average molecular weight is 280 g/mol. The predicted molar refractivity (Wildman–Crippen MR) is 86.4 cm³/mol. The molecule has 0 aliphatic carbocycles. The van der Waals surface area contributed by atoms with Crippen LogP contribution in [0.5, 0.6) is 0 Å². The zero-order valence-electron chi connectivity index (χ0n) is 11.4. The van der Waals surface area contributed by atoms with Gasteiger partial charge in [0.2, 0.25) is 0 Å². The lowest BCUT2D eigenvalue weighted by Gasteiger charge is -2.08. The fourth-order valence-electron chi connectivity index (χ4n) is 2.47. The Kier molecular flexibility index (Phi) is 3.61. The molecule has 0 aliphatic heterocycles. The minimum Gasteiger partial charge on any atom is -0.343 e. The van der Waals surface area contributed by atoms with Crippen molar-refractivity contribution in [1.29, 1.82) is 0 Å². The highest BCUT2D eigenvalue weighted by Gasteiger charge is 2.05. The molecule has 100 valence electrons. The van der Waals surface area contributed by atoms with E-state index in [1.165, 1.54) is 16.3 Å². The van der Waals surface area contributed by atoms with Crippen LogP contribution in [0.2, 0.25) is 0 Å². The summed E-state index contributed by atoms with van der Waals surface area (Å²) in [6, 6.07) is 16.7. The van der Waals surface area contributed by atoms with Crippen molar-refractivity contribution in [2.45, 2.75) is 19.8 Å². The lowest BCUT2D eigenvalue weighted by atomic mass is 10.0. The summed E-state index contributed by atoms with van der Waals surface area (Å²) < 4.78 is 0.648. The normalized spacial score (nSPS) is 10.8. The van der Waals surface area contributed by atoms with E-state index in [2.05, 4.69) is 59.4 Å². The van der Waals surface area contributed by atoms with Gasteiger partial charge in [-0.1, -0.05) is 61.6 Å². The number of rotatable bonds is 3. The van der Waals surface area contributed by atoms with Gasteiger partial charge in [-0.2, -0.15) is 0 Å². The molecule has 0 fully saturated rings. The van der Waals surface area contributed by atoms with Crippen LogP contribution in [0.1, 0.15) is 19.2 Å². The zero-order valence-corrected chi connectivity index (χ0v) is 12.2. The number of aryl methyl sites for hydroxylation is 1. The number of benzene rings is 2. The predicted octanol–water partition coefficient (Wildman–Crippen LogP) is 4.91. The molecule has 1 heterocycles. The first-order chi connectivity index (χ1) is 9.78. The van der Waals surface area contributed by atoms with E-state index in [9.17, 15) is 0 Å². The lowest BCUT2D eigenvalue weighted by Crippen LogP contribution is -1.97. The van der Waals surface area contributed by atoms with Crippen molar-refractivity contribution in [3.8, 4) is 11.3 Å². The molecule has 0 saturated heterocycles. The first-order valence-electron chi connectivity index (χ1n) is 6.86. The molecule has 0 unspecified atom stereocenters. The molecule has 3 rings (SSSR count). The van der Waals surface area contributed by atoms with Crippen molar-refractivity contribution in [1.82, 2.24) is 9.97 Å². The van der Waals surface area contributed by atoms with Gasteiger partial charge in [-0.3, -0.25) is 0 Å². The molecule has 0 atom stereocenters. The van der Waals surface area contributed by atoms with Crippen LogP contribution in [0.4, 0.5) is 0 Å². The van der Waals surface area contributed by atoms with E-state index in [0.717, 1.165) is 24.4 Å². The second-order valence-electron chi connectivity index (χ2n) is 4.86. The maximum absolute atomic E-state index is 5.29. The molecule has 0 spiro atoms. The van der Waals surface area contributed by atoms with E-state index in [1.54, 1.807) is 0 Å². The number of hydrogen-bond acceptors (Lipinski definition) is 2. The zero-order chi connectivity index (χ0) is 13.9. The van der Waals surface area contributed by atoms with Crippen LogP contribution in [0, 0.1) is 4.64 Å². The minimum absolute atomic E-state index is 0.648. The van der Waals surface area contributed by atoms with Gasteiger partial charge in [0.1, 0.15) is 10.5 Å². The SMILES string of the molecule is CCCc1nc(=S)cc(-c2cccc3ccccc23)[nH]1. The van der Waals surface area contributed by atoms with Crippen LogP contribution in [0.3, 0.4) is 0 Å². The average Bonchev–Trinajstić information content (AvgIpc) is 2.46. The molecule has 2 aromatic carbocycles. The third-order valence-electron chi connectivity index (χ3n) is 3.36. The fourth-order valence-corrected chi connectivity index (χ4v) is 2.70. The van der Waals surface area contributed by atoms with Gasteiger partial charge < -0.3 is 4.98 Å². The molecule has 0 amide bonds. The standard InChI is InChI=1S/C17H16N2S/c1-2-6-16-18-15(11-17(20)19-16)14-10-5-8-12-7-3-4-9-13(12)14/h3-5,7-11H,2,6H2,1H3,(H,18,19,20). The quantitative estimate of drug-likeness (QED) is 0.690. The van der Waals surface area contributed by atoms with Gasteiger partial charge in [0.15, 0.2) is 0 Å². The third-order valence-corrected chi connectivity index (χ3v) is 3.57. The summed E-state index contributed by atoms with van der Waals surface area (Å²) in [6.45, 7) is 2.14. The van der Waals surface area contributed by atoms with Crippen LogP contribution in [0.15, 0.2) is 48.5 Å². The van der Waals surface area contributed by atoms with Gasteiger partial charge in [-0.25, -0.2) is 4.98 Å². The Labute approximate surface area is 123 Å². The van der Waals surface area contributed by atoms with Gasteiger partial charge in [0, 0.05) is 12.0 Å². The highest BCUT2D eigenvalue weighted by atomic mass is 32.1. The Morgan fingerprint density at radius 3 is 2.75 bits per heavy atom. The van der Waals surface area contributed by atoms with Crippen molar-refractivity contribution in [3.05, 3.63) is 59.0 Å². The highest BCUT2D eigenvalue weighted by Crippen LogP contribution is 2.27. The van der Waals surface area contributed by atoms with Gasteiger partial charge >= 0.3 is 0 Å². The Balaban J connectivity index is 2.23. The summed E-state index contributed by atoms with van der Waals surface area (Å²) in [4.78, 5) is 7.81. The molecule has 3 heteroatoms. The second-order valence-corrected chi connectivity index (χ2v) is 5.27. The molecule has 20 heavy (non-hydrogen) atoms. The molecule has 0 aliphatic rings. The summed E-state index contributed by atoms with van der Waals surface area (Å²) in [5.74, 6) is 0.961. The first kappa shape index (κ1) is 13.0. The lowest BCUT2D eigenvalue weighted by molar-refractivity contribution is 0.833. The largest absolute Gasteiger partial charge is 0.343 e. The van der Waals surface area contributed by atoms with E-state index < -0.39 is 0 Å². The van der Waals surface area contributed by atoms with Crippen molar-refractivity contribution in [2.75, 3.05) is 0 Å². The molecule has 3 aromatic rings. The molecule has 0 bridgehead atoms. The molecular formula is C17H16N2S. The van der Waals surface area contributed by atoms with Gasteiger partial charge in [0.05, 0.1) is 5.69 Å². The van der Waals surface area contributed by atoms with Gasteiger partial charge in [-0.05, 0) is 23.3 Å². The smallest absolute Gasteiger partial charge is 0.130 e. The van der Waals surface area contributed by atoms with Crippen LogP contribution >= 0.6 is 12.2 Å². The summed E-state index contributed by atoms with van der Waals surface area (Å²) in [6.07, 6.45) is 1.97. The van der Waals surface area contributed by atoms with Crippen molar-refractivity contribution >= 4 is 23.0 Å². The summed E-state index contributed by atoms with van der Waals surface area (Å²) in [5.41, 5.74) is 2.22. The number of fused-ring (bicyclic) bond motifs is 1. The second kappa shape index (κ2) is 5.55. The van der Waals surface area contributed by atoms with Crippen LogP contribution < -0.4 is 0 Å². The summed E-state index contributed by atoms with van der Waals surface area (Å²) in [5, 5.41) is 2.47. The number of H-pyrrole nitrogens is 1. The van der Waals surface area contributed by atoms with Crippen molar-refractivity contribution < 1.29 is 0 Å². The van der Waals surface area contributed by atoms with Crippen LogP contribution in [-0.2, 0) is 6.42 Å². The monoisotopic (exact) mass is 280 g/mol. The van der Waals surface area contributed by atoms with Crippen LogP contribution in [0.25, 0.3) is 22.0 Å². The van der Waals surface area contributed by atoms with E-state index in [-0.39, 0.29) is 0 Å². The Morgan fingerprint density at radius 1 is 1.10 bits per heavy atom. The topological polar surface area (TPSA) is 28.7 Å². The third kappa shape index (κ3) is 2.49. The van der Waals surface area contributed by atoms with E-state index in [1.807, 2.05) is 6.07 Å². The fraction of sp³-hybridized carbons (Fsp3) is 0.176. The molecule has 1 N–H and O–H groups in total. The molecular weight excluding hydrogens is 264 g/mol. The number of aromatic amines is 1. The Morgan fingerprint density at radius 2 is 1.90 bits per heavy atom. The molecule has 0 saturated carbocycles. The number of hydrogen-bond donors (Lipinski definition) is 1. The number of aromatic nitrogens is 2. The molecule has 0 radical (unpaired) electrons. The molecule has 2 nitrogen and oxygen atoms in total. The summed E-state index contributed by atoms with van der Waals surface area (Å²) >= 11 is 5.29. The maximum atomic E-state index is 5.29. The molecule has 1 aromatic heterocycles. The van der Waals surface area contributed by atoms with E-state index in [0.29, 0.717) is 4.64 Å². The van der Waals surface area contributed by atoms with E-state index >= 15 is 0 Å².